The third-order valence-corrected chi connectivity index (χ3v) is 7.47. The highest BCUT2D eigenvalue weighted by Crippen LogP contribution is 2.34. The number of nitrogens with one attached hydrogen (secondary N) is 1. The lowest BCUT2D eigenvalue weighted by Gasteiger charge is -2.14. The number of hydrogen-bond donors (Lipinski definition) is 1. The van der Waals surface area contributed by atoms with Gasteiger partial charge in [-0.15, -0.1) is 0 Å². The molecular weight excluding hydrogens is 478 g/mol. The zero-order valence-electron chi connectivity index (χ0n) is 17.2. The number of halogens is 4. The molecule has 0 spiro atoms. The number of hydrogen-bond acceptors (Lipinski definition) is 4. The van der Waals surface area contributed by atoms with Gasteiger partial charge in [0.05, 0.1) is 10.5 Å². The molecule has 3 aromatic rings. The number of Topliss-reactive ketones (excluding diaryl/α,β-unsaturated/α-hetero) is 1. The molecule has 0 radical (unpaired) electrons. The maximum Gasteiger partial charge on any atom is 0.416 e. The number of rotatable bonds is 8. The van der Waals surface area contributed by atoms with Gasteiger partial charge in [-0.3, -0.25) is 4.79 Å². The second-order valence-electron chi connectivity index (χ2n) is 7.92. The molecule has 1 N–H and O–H groups in total. The molecule has 0 bridgehead atoms. The lowest BCUT2D eigenvalue weighted by atomic mass is 9.94. The second kappa shape index (κ2) is 9.00. The molecule has 1 fully saturated rings. The number of sulfonamides is 1. The first-order valence-electron chi connectivity index (χ1n) is 10.1. The summed E-state index contributed by atoms with van der Waals surface area (Å²) in [5, 5.41) is 3.66. The first-order valence-corrected chi connectivity index (χ1v) is 12.5. The van der Waals surface area contributed by atoms with Crippen molar-refractivity contribution < 1.29 is 30.8 Å². The fourth-order valence-corrected chi connectivity index (χ4v) is 5.54. The fraction of sp³-hybridized carbons (Fsp3) is 0.261. The SMILES string of the molecule is O=C(Cc1cc(S(=O)(=O)NC2CC2)ccc1-c1ccsc1)Cc1ccc(F)cc1C(F)(F)F. The van der Waals surface area contributed by atoms with Crippen LogP contribution in [0.15, 0.2) is 58.1 Å². The van der Waals surface area contributed by atoms with Crippen LogP contribution in [0.5, 0.6) is 0 Å². The summed E-state index contributed by atoms with van der Waals surface area (Å²) in [6.07, 6.45) is -4.11. The van der Waals surface area contributed by atoms with E-state index in [0.717, 1.165) is 30.5 Å². The van der Waals surface area contributed by atoms with E-state index >= 15 is 0 Å². The minimum atomic E-state index is -4.80. The molecule has 0 saturated heterocycles. The molecule has 4 nitrogen and oxygen atoms in total. The highest BCUT2D eigenvalue weighted by Gasteiger charge is 2.34. The molecule has 1 aliphatic rings. The van der Waals surface area contributed by atoms with Crippen LogP contribution in [-0.2, 0) is 33.8 Å². The molecule has 0 unspecified atom stereocenters. The van der Waals surface area contributed by atoms with Crippen LogP contribution in [0.25, 0.3) is 11.1 Å². The molecule has 1 aromatic heterocycles. The Morgan fingerprint density at radius 1 is 1.03 bits per heavy atom. The van der Waals surface area contributed by atoms with Crippen LogP contribution in [0.1, 0.15) is 29.5 Å². The van der Waals surface area contributed by atoms with Gasteiger partial charge in [0.15, 0.2) is 0 Å². The Kier molecular flexibility index (Phi) is 6.43. The quantitative estimate of drug-likeness (QED) is 0.426. The van der Waals surface area contributed by atoms with Crippen molar-refractivity contribution in [1.29, 1.82) is 0 Å². The summed E-state index contributed by atoms with van der Waals surface area (Å²) < 4.78 is 81.1. The lowest BCUT2D eigenvalue weighted by Crippen LogP contribution is -2.26. The van der Waals surface area contributed by atoms with Gasteiger partial charge in [-0.1, -0.05) is 12.1 Å². The van der Waals surface area contributed by atoms with Gasteiger partial charge in [0.25, 0.3) is 0 Å². The number of alkyl halides is 3. The molecule has 4 rings (SSSR count). The minimum absolute atomic E-state index is 0.00561. The van der Waals surface area contributed by atoms with Gasteiger partial charge in [-0.05, 0) is 76.2 Å². The Morgan fingerprint density at radius 2 is 1.76 bits per heavy atom. The van der Waals surface area contributed by atoms with Crippen molar-refractivity contribution in [3.63, 3.8) is 0 Å². The standard InChI is InChI=1S/C23H19F4NO3S2/c24-17-2-1-14(22(12-17)23(25,26)27)9-19(29)10-16-11-20(33(30,31)28-18-3-4-18)5-6-21(16)15-7-8-32-13-15/h1-2,5-8,11-13,18,28H,3-4,9-10H2. The Balaban J connectivity index is 1.65. The van der Waals surface area contributed by atoms with Gasteiger partial charge in [0.1, 0.15) is 11.6 Å². The molecule has 1 aliphatic carbocycles. The number of carbonyl (C=O) groups excluding carboxylic acids is 1. The van der Waals surface area contributed by atoms with E-state index in [-0.39, 0.29) is 22.9 Å². The molecule has 0 atom stereocenters. The highest BCUT2D eigenvalue weighted by molar-refractivity contribution is 7.89. The predicted octanol–water partition coefficient (Wildman–Crippen LogP) is 5.37. The summed E-state index contributed by atoms with van der Waals surface area (Å²) in [6.45, 7) is 0. The maximum atomic E-state index is 13.4. The smallest absolute Gasteiger partial charge is 0.299 e. The number of carbonyl (C=O) groups is 1. The number of benzene rings is 2. The first-order chi connectivity index (χ1) is 15.5. The summed E-state index contributed by atoms with van der Waals surface area (Å²) >= 11 is 1.42. The predicted molar refractivity (Wildman–Crippen MR) is 117 cm³/mol. The van der Waals surface area contributed by atoms with Gasteiger partial charge < -0.3 is 0 Å². The van der Waals surface area contributed by atoms with Gasteiger partial charge >= 0.3 is 6.18 Å². The van der Waals surface area contributed by atoms with Crippen LogP contribution in [0.4, 0.5) is 17.6 Å². The molecule has 2 aromatic carbocycles. The van der Waals surface area contributed by atoms with Crippen LogP contribution >= 0.6 is 11.3 Å². The van der Waals surface area contributed by atoms with Crippen molar-refractivity contribution in [1.82, 2.24) is 4.72 Å². The summed E-state index contributed by atoms with van der Waals surface area (Å²) in [4.78, 5) is 12.8. The van der Waals surface area contributed by atoms with E-state index in [1.165, 1.54) is 23.5 Å². The van der Waals surface area contributed by atoms with Crippen molar-refractivity contribution in [3.05, 3.63) is 75.7 Å². The van der Waals surface area contributed by atoms with Gasteiger partial charge in [-0.25, -0.2) is 17.5 Å². The summed E-state index contributed by atoms with van der Waals surface area (Å²) in [6, 6.07) is 8.36. The Hall–Kier alpha value is -2.56. The zero-order valence-corrected chi connectivity index (χ0v) is 18.8. The van der Waals surface area contributed by atoms with Crippen molar-refractivity contribution >= 4 is 27.1 Å². The van der Waals surface area contributed by atoms with Crippen LogP contribution in [0.3, 0.4) is 0 Å². The third kappa shape index (κ3) is 5.69. The number of thiophene rings is 1. The van der Waals surface area contributed by atoms with E-state index in [1.54, 1.807) is 6.07 Å². The maximum absolute atomic E-state index is 13.4. The normalized spacial score (nSPS) is 14.4. The van der Waals surface area contributed by atoms with E-state index < -0.39 is 39.8 Å². The minimum Gasteiger partial charge on any atom is -0.299 e. The van der Waals surface area contributed by atoms with Crippen LogP contribution in [0, 0.1) is 5.82 Å². The fourth-order valence-electron chi connectivity index (χ4n) is 3.53. The van der Waals surface area contributed by atoms with Gasteiger partial charge in [-0.2, -0.15) is 24.5 Å². The Labute approximate surface area is 192 Å². The first kappa shape index (κ1) is 23.6. The Morgan fingerprint density at radius 3 is 2.39 bits per heavy atom. The lowest BCUT2D eigenvalue weighted by molar-refractivity contribution is -0.138. The van der Waals surface area contributed by atoms with Crippen LogP contribution < -0.4 is 4.72 Å². The summed E-state index contributed by atoms with van der Waals surface area (Å²) in [5.41, 5.74) is 0.279. The largest absolute Gasteiger partial charge is 0.416 e. The summed E-state index contributed by atoms with van der Waals surface area (Å²) in [7, 11) is -3.78. The van der Waals surface area contributed by atoms with Crippen LogP contribution in [0.2, 0.25) is 0 Å². The van der Waals surface area contributed by atoms with E-state index in [0.29, 0.717) is 17.2 Å². The van der Waals surface area contributed by atoms with Crippen molar-refractivity contribution in [2.75, 3.05) is 0 Å². The molecule has 1 heterocycles. The molecule has 0 amide bonds. The molecule has 0 aliphatic heterocycles. The molecule has 33 heavy (non-hydrogen) atoms. The van der Waals surface area contributed by atoms with Gasteiger partial charge in [0, 0.05) is 18.9 Å². The topological polar surface area (TPSA) is 63.2 Å². The van der Waals surface area contributed by atoms with E-state index in [1.807, 2.05) is 16.8 Å². The number of ketones is 1. The molecule has 10 heteroatoms. The average Bonchev–Trinajstić information content (AvgIpc) is 3.36. The summed E-state index contributed by atoms with van der Waals surface area (Å²) in [5.74, 6) is -1.59. The molecule has 1 saturated carbocycles. The van der Waals surface area contributed by atoms with Crippen molar-refractivity contribution in [2.45, 2.75) is 42.8 Å². The van der Waals surface area contributed by atoms with E-state index in [2.05, 4.69) is 4.72 Å². The highest BCUT2D eigenvalue weighted by atomic mass is 32.2. The van der Waals surface area contributed by atoms with Crippen LogP contribution in [-0.4, -0.2) is 20.2 Å². The van der Waals surface area contributed by atoms with Gasteiger partial charge in [0.2, 0.25) is 10.0 Å². The molecular formula is C23H19F4NO3S2. The van der Waals surface area contributed by atoms with E-state index in [4.69, 9.17) is 0 Å². The molecule has 174 valence electrons. The monoisotopic (exact) mass is 497 g/mol. The second-order valence-corrected chi connectivity index (χ2v) is 10.4. The van der Waals surface area contributed by atoms with Crippen molar-refractivity contribution in [3.8, 4) is 11.1 Å². The third-order valence-electron chi connectivity index (χ3n) is 5.27. The zero-order chi connectivity index (χ0) is 23.8. The average molecular weight is 498 g/mol. The van der Waals surface area contributed by atoms with E-state index in [9.17, 15) is 30.8 Å². The Bertz CT molecular complexity index is 1280. The van der Waals surface area contributed by atoms with Crippen molar-refractivity contribution in [2.24, 2.45) is 0 Å².